The Kier molecular flexibility index (Phi) is 7.89. The van der Waals surface area contributed by atoms with Gasteiger partial charge < -0.3 is 20.4 Å². The summed E-state index contributed by atoms with van der Waals surface area (Å²) in [6.07, 6.45) is 0.790. The van der Waals surface area contributed by atoms with Gasteiger partial charge in [0.2, 0.25) is 5.91 Å². The number of hydrogen-bond donors (Lipinski definition) is 4. The van der Waals surface area contributed by atoms with Gasteiger partial charge in [-0.15, -0.1) is 11.3 Å². The number of nitrogens with one attached hydrogen (secondary N) is 4. The van der Waals surface area contributed by atoms with Crippen LogP contribution >= 0.6 is 22.9 Å². The second-order valence-electron chi connectivity index (χ2n) is 7.60. The Balaban J connectivity index is 1.57. The van der Waals surface area contributed by atoms with Crippen LogP contribution < -0.4 is 21.5 Å². The van der Waals surface area contributed by atoms with Crippen molar-refractivity contribution < 1.29 is 14.4 Å². The fourth-order valence-corrected chi connectivity index (χ4v) is 4.27. The summed E-state index contributed by atoms with van der Waals surface area (Å²) in [7, 11) is 5.19. The average Bonchev–Trinajstić information content (AvgIpc) is 3.18. The smallest absolute Gasteiger partial charge is 0.333 e. The van der Waals surface area contributed by atoms with Gasteiger partial charge in [0, 0.05) is 50.1 Å². The molecule has 4 amide bonds. The van der Waals surface area contributed by atoms with Gasteiger partial charge in [-0.25, -0.2) is 9.78 Å². The second kappa shape index (κ2) is 10.6. The van der Waals surface area contributed by atoms with E-state index in [0.717, 1.165) is 30.1 Å². The average molecular weight is 480 g/mol. The highest BCUT2D eigenvalue weighted by Crippen LogP contribution is 2.24. The summed E-state index contributed by atoms with van der Waals surface area (Å²) in [6.45, 7) is 1.55. The molecule has 172 valence electrons. The molecule has 1 aromatic carbocycles. The first-order chi connectivity index (χ1) is 15.2. The third-order valence-corrected chi connectivity index (χ3v) is 6.13. The molecule has 1 atom stereocenters. The Hall–Kier alpha value is -2.89. The Morgan fingerprint density at radius 3 is 2.66 bits per heavy atom. The molecule has 3 rings (SSSR count). The summed E-state index contributed by atoms with van der Waals surface area (Å²) in [4.78, 5) is 46.5. The zero-order chi connectivity index (χ0) is 23.3. The number of aromatic nitrogens is 1. The van der Waals surface area contributed by atoms with Gasteiger partial charge in [0.15, 0.2) is 5.01 Å². The lowest BCUT2D eigenvalue weighted by Crippen LogP contribution is -2.53. The molecule has 1 aromatic heterocycles. The van der Waals surface area contributed by atoms with Crippen molar-refractivity contribution in [2.24, 2.45) is 0 Å². The lowest BCUT2D eigenvalue weighted by molar-refractivity contribution is -0.130. The molecule has 1 unspecified atom stereocenters. The molecule has 0 radical (unpaired) electrons. The molecule has 0 saturated carbocycles. The van der Waals surface area contributed by atoms with Crippen LogP contribution in [0.3, 0.4) is 0 Å². The van der Waals surface area contributed by atoms with Crippen molar-refractivity contribution in [3.63, 3.8) is 0 Å². The van der Waals surface area contributed by atoms with E-state index in [1.807, 2.05) is 7.05 Å². The summed E-state index contributed by atoms with van der Waals surface area (Å²) < 4.78 is 0. The van der Waals surface area contributed by atoms with Crippen LogP contribution in [0.1, 0.15) is 20.4 Å². The number of halogens is 1. The molecule has 2 heterocycles. The Labute approximate surface area is 195 Å². The number of urea groups is 1. The topological polar surface area (TPSA) is 119 Å². The minimum Gasteiger partial charge on any atom is -0.347 e. The van der Waals surface area contributed by atoms with Crippen LogP contribution in [0.15, 0.2) is 24.3 Å². The number of nitrogens with zero attached hydrogens (tertiary/aromatic N) is 3. The number of hydrogen-bond acceptors (Lipinski definition) is 7. The van der Waals surface area contributed by atoms with Crippen molar-refractivity contribution in [1.82, 2.24) is 30.8 Å². The highest BCUT2D eigenvalue weighted by Gasteiger charge is 2.27. The molecule has 10 nitrogen and oxygen atoms in total. The van der Waals surface area contributed by atoms with Gasteiger partial charge in [0.05, 0.1) is 11.4 Å². The molecule has 4 N–H and O–H groups in total. The number of rotatable bonds is 7. The first kappa shape index (κ1) is 23.8. The SMILES string of the molecule is CN1CCc2nc(C(=O)NC(CNC(=O)NNc3ccc(Cl)cc3)C(=O)N(C)C)sc2C1. The van der Waals surface area contributed by atoms with Crippen molar-refractivity contribution in [3.05, 3.63) is 44.9 Å². The molecule has 0 spiro atoms. The number of likely N-dealkylation sites (N-methyl/N-ethyl adjacent to an activating group) is 2. The second-order valence-corrected chi connectivity index (χ2v) is 9.12. The van der Waals surface area contributed by atoms with Crippen molar-refractivity contribution in [2.45, 2.75) is 19.0 Å². The number of benzene rings is 1. The number of amides is 4. The van der Waals surface area contributed by atoms with Gasteiger partial charge in [0.25, 0.3) is 5.91 Å². The molecule has 0 aliphatic carbocycles. The van der Waals surface area contributed by atoms with Crippen molar-refractivity contribution in [1.29, 1.82) is 0 Å². The lowest BCUT2D eigenvalue weighted by atomic mass is 10.2. The van der Waals surface area contributed by atoms with Gasteiger partial charge in [-0.05, 0) is 31.3 Å². The Morgan fingerprint density at radius 1 is 1.25 bits per heavy atom. The molecule has 2 aromatic rings. The van der Waals surface area contributed by atoms with Crippen LogP contribution in [-0.2, 0) is 17.8 Å². The van der Waals surface area contributed by atoms with Crippen molar-refractivity contribution in [2.75, 3.05) is 39.7 Å². The van der Waals surface area contributed by atoms with E-state index in [1.165, 1.54) is 16.2 Å². The summed E-state index contributed by atoms with van der Waals surface area (Å²) >= 11 is 7.16. The van der Waals surface area contributed by atoms with E-state index in [4.69, 9.17) is 11.6 Å². The minimum absolute atomic E-state index is 0.0925. The minimum atomic E-state index is -0.942. The molecule has 0 bridgehead atoms. The molecule has 1 aliphatic rings. The van der Waals surface area contributed by atoms with Crippen LogP contribution in [0, 0.1) is 0 Å². The third-order valence-electron chi connectivity index (χ3n) is 4.79. The molecule has 32 heavy (non-hydrogen) atoms. The van der Waals surface area contributed by atoms with E-state index in [-0.39, 0.29) is 12.5 Å². The van der Waals surface area contributed by atoms with E-state index in [1.54, 1.807) is 38.4 Å². The maximum atomic E-state index is 12.8. The Bertz CT molecular complexity index is 980. The fourth-order valence-electron chi connectivity index (χ4n) is 3.05. The summed E-state index contributed by atoms with van der Waals surface area (Å²) in [6, 6.07) is 5.26. The summed E-state index contributed by atoms with van der Waals surface area (Å²) in [5.41, 5.74) is 6.76. The standard InChI is InChI=1S/C20H26ClN7O3S/c1-27(2)19(30)15(10-22-20(31)26-25-13-6-4-12(21)5-7-13)23-17(29)18-24-14-8-9-28(3)11-16(14)32-18/h4-7,15,25H,8-11H2,1-3H3,(H,23,29)(H2,22,26,31). The van der Waals surface area contributed by atoms with E-state index in [9.17, 15) is 14.4 Å². The van der Waals surface area contributed by atoms with Crippen LogP contribution in [0.2, 0.25) is 5.02 Å². The van der Waals surface area contributed by atoms with Gasteiger partial charge >= 0.3 is 6.03 Å². The number of hydrazine groups is 1. The summed E-state index contributed by atoms with van der Waals surface area (Å²) in [5.74, 6) is -0.779. The third kappa shape index (κ3) is 6.31. The Morgan fingerprint density at radius 2 is 1.97 bits per heavy atom. The quantitative estimate of drug-likeness (QED) is 0.444. The van der Waals surface area contributed by atoms with Gasteiger partial charge in [0.1, 0.15) is 6.04 Å². The number of anilines is 1. The maximum absolute atomic E-state index is 12.8. The highest BCUT2D eigenvalue weighted by atomic mass is 35.5. The van der Waals surface area contributed by atoms with Crippen molar-refractivity contribution in [3.8, 4) is 0 Å². The predicted molar refractivity (Wildman–Crippen MR) is 124 cm³/mol. The molecule has 0 saturated heterocycles. The van der Waals surface area contributed by atoms with E-state index in [0.29, 0.717) is 15.7 Å². The summed E-state index contributed by atoms with van der Waals surface area (Å²) in [5, 5.41) is 6.18. The number of fused-ring (bicyclic) bond motifs is 1. The normalized spacial score (nSPS) is 14.1. The van der Waals surface area contributed by atoms with Gasteiger partial charge in [-0.1, -0.05) is 11.6 Å². The van der Waals surface area contributed by atoms with E-state index >= 15 is 0 Å². The number of carbonyl (C=O) groups is 3. The molecule has 12 heteroatoms. The largest absolute Gasteiger partial charge is 0.347 e. The zero-order valence-electron chi connectivity index (χ0n) is 18.1. The fraction of sp³-hybridized carbons (Fsp3) is 0.400. The van der Waals surface area contributed by atoms with Gasteiger partial charge in [-0.3, -0.25) is 20.4 Å². The first-order valence-corrected chi connectivity index (χ1v) is 11.2. The van der Waals surface area contributed by atoms with Crippen LogP contribution in [0.25, 0.3) is 0 Å². The predicted octanol–water partition coefficient (Wildman–Crippen LogP) is 1.30. The molecule has 1 aliphatic heterocycles. The number of thiazole rings is 1. The monoisotopic (exact) mass is 479 g/mol. The first-order valence-electron chi connectivity index (χ1n) is 9.97. The molecular formula is C20H26ClN7O3S. The van der Waals surface area contributed by atoms with Crippen LogP contribution in [0.5, 0.6) is 0 Å². The highest BCUT2D eigenvalue weighted by molar-refractivity contribution is 7.13. The van der Waals surface area contributed by atoms with Crippen molar-refractivity contribution >= 4 is 46.5 Å². The molecule has 0 fully saturated rings. The zero-order valence-corrected chi connectivity index (χ0v) is 19.6. The van der Waals surface area contributed by atoms with E-state index < -0.39 is 18.0 Å². The molecular weight excluding hydrogens is 454 g/mol. The number of carbonyl (C=O) groups excluding carboxylic acids is 3. The van der Waals surface area contributed by atoms with Gasteiger partial charge in [-0.2, -0.15) is 0 Å². The van der Waals surface area contributed by atoms with E-state index in [2.05, 4.69) is 31.4 Å². The van der Waals surface area contributed by atoms with Crippen LogP contribution in [-0.4, -0.2) is 72.9 Å². The lowest BCUT2D eigenvalue weighted by Gasteiger charge is -2.22. The van der Waals surface area contributed by atoms with Crippen LogP contribution in [0.4, 0.5) is 10.5 Å². The maximum Gasteiger partial charge on any atom is 0.333 e.